The van der Waals surface area contributed by atoms with E-state index >= 15 is 0 Å². The minimum atomic E-state index is 0.544. The van der Waals surface area contributed by atoms with Crippen LogP contribution in [0.5, 0.6) is 0 Å². The van der Waals surface area contributed by atoms with E-state index in [2.05, 4.69) is 15.2 Å². The molecular formula is C11H18N4O. The maximum atomic E-state index is 5.37. The minimum absolute atomic E-state index is 0.544. The molecule has 3 heterocycles. The molecule has 3 rings (SSSR count). The van der Waals surface area contributed by atoms with Crippen LogP contribution in [0.1, 0.15) is 18.9 Å². The van der Waals surface area contributed by atoms with Crippen LogP contribution in [-0.2, 0) is 4.74 Å². The molecule has 2 aliphatic rings. The summed E-state index contributed by atoms with van der Waals surface area (Å²) in [4.78, 5) is 2.52. The molecule has 0 N–H and O–H groups in total. The predicted molar refractivity (Wildman–Crippen MR) is 59.0 cm³/mol. The average molecular weight is 222 g/mol. The Labute approximate surface area is 95.4 Å². The van der Waals surface area contributed by atoms with Crippen molar-refractivity contribution in [2.45, 2.75) is 18.9 Å². The molecule has 0 aromatic carbocycles. The van der Waals surface area contributed by atoms with Crippen molar-refractivity contribution in [3.05, 3.63) is 12.4 Å². The van der Waals surface area contributed by atoms with Gasteiger partial charge in [-0.15, -0.1) is 5.10 Å². The average Bonchev–Trinajstić information content (AvgIpc) is 2.77. The Morgan fingerprint density at radius 3 is 2.75 bits per heavy atom. The molecule has 0 amide bonds. The molecule has 2 aliphatic heterocycles. The van der Waals surface area contributed by atoms with Crippen LogP contribution >= 0.6 is 0 Å². The number of hydrogen-bond donors (Lipinski definition) is 0. The Morgan fingerprint density at radius 1 is 1.25 bits per heavy atom. The van der Waals surface area contributed by atoms with E-state index in [-0.39, 0.29) is 0 Å². The Hall–Kier alpha value is -0.940. The third kappa shape index (κ3) is 2.10. The molecule has 16 heavy (non-hydrogen) atoms. The molecule has 5 heteroatoms. The highest BCUT2D eigenvalue weighted by molar-refractivity contribution is 4.87. The van der Waals surface area contributed by atoms with E-state index in [1.165, 1.54) is 19.4 Å². The van der Waals surface area contributed by atoms with Gasteiger partial charge in [0.15, 0.2) is 0 Å². The first-order chi connectivity index (χ1) is 7.92. The van der Waals surface area contributed by atoms with Crippen LogP contribution in [0.4, 0.5) is 0 Å². The van der Waals surface area contributed by atoms with Gasteiger partial charge in [-0.1, -0.05) is 5.21 Å². The summed E-state index contributed by atoms with van der Waals surface area (Å²) in [7, 11) is 0. The zero-order valence-electron chi connectivity index (χ0n) is 9.46. The molecule has 0 aliphatic carbocycles. The van der Waals surface area contributed by atoms with Crippen LogP contribution in [0.3, 0.4) is 0 Å². The summed E-state index contributed by atoms with van der Waals surface area (Å²) in [5, 5.41) is 7.88. The van der Waals surface area contributed by atoms with E-state index in [9.17, 15) is 0 Å². The first-order valence-corrected chi connectivity index (χ1v) is 6.08. The van der Waals surface area contributed by atoms with Crippen LogP contribution in [0, 0.1) is 5.92 Å². The van der Waals surface area contributed by atoms with Crippen molar-refractivity contribution in [2.75, 3.05) is 32.8 Å². The van der Waals surface area contributed by atoms with Gasteiger partial charge in [0.1, 0.15) is 0 Å². The summed E-state index contributed by atoms with van der Waals surface area (Å²) < 4.78 is 7.34. The van der Waals surface area contributed by atoms with Crippen LogP contribution in [-0.4, -0.2) is 52.7 Å². The molecule has 0 atom stereocenters. The van der Waals surface area contributed by atoms with Gasteiger partial charge in [-0.2, -0.15) is 0 Å². The number of ether oxygens (including phenoxy) is 1. The molecule has 2 saturated heterocycles. The Balaban J connectivity index is 1.43. The minimum Gasteiger partial charge on any atom is -0.381 e. The molecule has 1 aromatic heterocycles. The Kier molecular flexibility index (Phi) is 2.88. The number of likely N-dealkylation sites (tertiary alicyclic amines) is 1. The van der Waals surface area contributed by atoms with E-state index in [4.69, 9.17) is 4.74 Å². The molecule has 88 valence electrons. The zero-order valence-corrected chi connectivity index (χ0v) is 9.46. The lowest BCUT2D eigenvalue weighted by Crippen LogP contribution is -2.50. The number of rotatable bonds is 3. The van der Waals surface area contributed by atoms with Crippen molar-refractivity contribution in [2.24, 2.45) is 5.92 Å². The highest BCUT2D eigenvalue weighted by atomic mass is 16.5. The summed E-state index contributed by atoms with van der Waals surface area (Å²) in [6.45, 7) is 5.38. The lowest BCUT2D eigenvalue weighted by atomic mass is 9.97. The number of aromatic nitrogens is 3. The molecule has 0 unspecified atom stereocenters. The van der Waals surface area contributed by atoms with Crippen LogP contribution in [0.15, 0.2) is 12.4 Å². The first-order valence-electron chi connectivity index (χ1n) is 6.08. The number of hydrogen-bond acceptors (Lipinski definition) is 4. The summed E-state index contributed by atoms with van der Waals surface area (Å²) in [5.74, 6) is 0.838. The Bertz CT molecular complexity index is 315. The van der Waals surface area contributed by atoms with Gasteiger partial charge >= 0.3 is 0 Å². The molecule has 0 saturated carbocycles. The van der Waals surface area contributed by atoms with Crippen molar-refractivity contribution in [3.63, 3.8) is 0 Å². The van der Waals surface area contributed by atoms with Gasteiger partial charge in [0, 0.05) is 39.0 Å². The summed E-state index contributed by atoms with van der Waals surface area (Å²) in [6, 6.07) is 0.544. The van der Waals surface area contributed by atoms with Crippen LogP contribution in [0.25, 0.3) is 0 Å². The van der Waals surface area contributed by atoms with Crippen LogP contribution in [0.2, 0.25) is 0 Å². The SMILES string of the molecule is c1cn(C2CN(CC3CCOCC3)C2)nn1. The quantitative estimate of drug-likeness (QED) is 0.749. The summed E-state index contributed by atoms with van der Waals surface area (Å²) in [6.07, 6.45) is 6.16. The van der Waals surface area contributed by atoms with Gasteiger partial charge in [0.25, 0.3) is 0 Å². The Morgan fingerprint density at radius 2 is 2.06 bits per heavy atom. The van der Waals surface area contributed by atoms with E-state index < -0.39 is 0 Å². The molecule has 2 fully saturated rings. The third-order valence-electron chi connectivity index (χ3n) is 3.61. The van der Waals surface area contributed by atoms with Crippen molar-refractivity contribution in [1.82, 2.24) is 19.9 Å². The molecule has 5 nitrogen and oxygen atoms in total. The maximum Gasteiger partial charge on any atom is 0.0790 e. The third-order valence-corrected chi connectivity index (χ3v) is 3.61. The molecule has 0 bridgehead atoms. The smallest absolute Gasteiger partial charge is 0.0790 e. The fourth-order valence-electron chi connectivity index (χ4n) is 2.57. The lowest BCUT2D eigenvalue weighted by Gasteiger charge is -2.41. The molecule has 1 aromatic rings. The fraction of sp³-hybridized carbons (Fsp3) is 0.818. The fourth-order valence-corrected chi connectivity index (χ4v) is 2.57. The summed E-state index contributed by atoms with van der Waals surface area (Å²) in [5.41, 5.74) is 0. The van der Waals surface area contributed by atoms with E-state index in [0.717, 1.165) is 32.2 Å². The topological polar surface area (TPSA) is 43.2 Å². The second-order valence-corrected chi connectivity index (χ2v) is 4.81. The normalized spacial score (nSPS) is 24.5. The summed E-state index contributed by atoms with van der Waals surface area (Å²) >= 11 is 0. The van der Waals surface area contributed by atoms with Crippen molar-refractivity contribution >= 4 is 0 Å². The van der Waals surface area contributed by atoms with Crippen molar-refractivity contribution in [3.8, 4) is 0 Å². The maximum absolute atomic E-state index is 5.37. The van der Waals surface area contributed by atoms with E-state index in [1.54, 1.807) is 6.20 Å². The zero-order chi connectivity index (χ0) is 10.8. The largest absolute Gasteiger partial charge is 0.381 e. The van der Waals surface area contributed by atoms with Gasteiger partial charge in [-0.25, -0.2) is 4.68 Å². The van der Waals surface area contributed by atoms with Crippen molar-refractivity contribution < 1.29 is 4.74 Å². The first kappa shape index (κ1) is 10.2. The molecular weight excluding hydrogens is 204 g/mol. The van der Waals surface area contributed by atoms with Crippen LogP contribution < -0.4 is 0 Å². The van der Waals surface area contributed by atoms with Gasteiger partial charge < -0.3 is 4.74 Å². The van der Waals surface area contributed by atoms with Gasteiger partial charge in [-0.05, 0) is 18.8 Å². The lowest BCUT2D eigenvalue weighted by molar-refractivity contribution is 0.0253. The predicted octanol–water partition coefficient (Wildman–Crippen LogP) is 0.561. The van der Waals surface area contributed by atoms with Gasteiger partial charge in [-0.3, -0.25) is 4.90 Å². The highest BCUT2D eigenvalue weighted by Gasteiger charge is 2.30. The monoisotopic (exact) mass is 222 g/mol. The van der Waals surface area contributed by atoms with Gasteiger partial charge in [0.2, 0.25) is 0 Å². The van der Waals surface area contributed by atoms with Gasteiger partial charge in [0.05, 0.1) is 12.2 Å². The van der Waals surface area contributed by atoms with Crippen molar-refractivity contribution in [1.29, 1.82) is 0 Å². The standard InChI is InChI=1S/C11H18N4O/c1-5-16-6-2-10(1)7-14-8-11(9-14)15-4-3-12-13-15/h3-4,10-11H,1-2,5-9H2. The molecule has 0 spiro atoms. The second kappa shape index (κ2) is 4.51. The highest BCUT2D eigenvalue weighted by Crippen LogP contribution is 2.24. The van der Waals surface area contributed by atoms with E-state index in [0.29, 0.717) is 6.04 Å². The second-order valence-electron chi connectivity index (χ2n) is 4.81. The number of nitrogens with zero attached hydrogens (tertiary/aromatic N) is 4. The van der Waals surface area contributed by atoms with E-state index in [1.807, 2.05) is 10.9 Å². The molecule has 0 radical (unpaired) electrons.